The number of nitrogens with zero attached hydrogens (tertiary/aromatic N) is 2. The smallest absolute Gasteiger partial charge is 0.269 e. The predicted octanol–water partition coefficient (Wildman–Crippen LogP) is 4.17. The number of rotatable bonds is 5. The summed E-state index contributed by atoms with van der Waals surface area (Å²) in [5.74, 6) is -0.997. The minimum Gasteiger partial charge on any atom is -0.453 e. The Morgan fingerprint density at radius 2 is 2.11 bits per heavy atom. The molecule has 1 aromatic heterocycles. The van der Waals surface area contributed by atoms with Crippen LogP contribution in [0.25, 0.3) is 0 Å². The summed E-state index contributed by atoms with van der Waals surface area (Å²) in [6.07, 6.45) is 2.92. The Kier molecular flexibility index (Phi) is 5.53. The third-order valence-corrected chi connectivity index (χ3v) is 4.25. The fourth-order valence-electron chi connectivity index (χ4n) is 2.41. The molecule has 3 rings (SSSR count). The van der Waals surface area contributed by atoms with Crippen LogP contribution >= 0.6 is 23.2 Å². The summed E-state index contributed by atoms with van der Waals surface area (Å²) in [5, 5.41) is 3.06. The molecule has 9 heteroatoms. The van der Waals surface area contributed by atoms with Gasteiger partial charge in [0, 0.05) is 35.9 Å². The SMILES string of the molecule is Cn1cncc1C(=O)NCc1ccc(Cl)c(Oc2cc(N)cc(Cl)c2)c1F. The van der Waals surface area contributed by atoms with Crippen LogP contribution in [-0.2, 0) is 13.6 Å². The molecule has 0 radical (unpaired) electrons. The summed E-state index contributed by atoms with van der Waals surface area (Å²) < 4.78 is 22.0. The van der Waals surface area contributed by atoms with E-state index >= 15 is 0 Å². The highest BCUT2D eigenvalue weighted by Crippen LogP contribution is 2.35. The number of nitrogen functional groups attached to an aromatic ring is 1. The first-order valence-electron chi connectivity index (χ1n) is 7.80. The number of anilines is 1. The molecule has 0 atom stereocenters. The topological polar surface area (TPSA) is 82.2 Å². The molecule has 0 spiro atoms. The molecule has 140 valence electrons. The van der Waals surface area contributed by atoms with Crippen molar-refractivity contribution in [3.8, 4) is 11.5 Å². The molecule has 2 aromatic carbocycles. The van der Waals surface area contributed by atoms with Gasteiger partial charge in [0.25, 0.3) is 5.91 Å². The van der Waals surface area contributed by atoms with Crippen molar-refractivity contribution in [2.75, 3.05) is 5.73 Å². The Morgan fingerprint density at radius 3 is 2.78 bits per heavy atom. The molecule has 27 heavy (non-hydrogen) atoms. The highest BCUT2D eigenvalue weighted by Gasteiger charge is 2.17. The predicted molar refractivity (Wildman–Crippen MR) is 102 cm³/mol. The molecule has 0 fully saturated rings. The van der Waals surface area contributed by atoms with E-state index in [4.69, 9.17) is 33.7 Å². The van der Waals surface area contributed by atoms with Crippen molar-refractivity contribution in [3.63, 3.8) is 0 Å². The molecule has 1 heterocycles. The number of aryl methyl sites for hydroxylation is 1. The molecular formula is C18H15Cl2FN4O2. The van der Waals surface area contributed by atoms with E-state index in [0.717, 1.165) is 0 Å². The highest BCUT2D eigenvalue weighted by atomic mass is 35.5. The molecule has 3 aromatic rings. The Labute approximate surface area is 164 Å². The number of nitrogens with two attached hydrogens (primary N) is 1. The van der Waals surface area contributed by atoms with Crippen molar-refractivity contribution >= 4 is 34.8 Å². The van der Waals surface area contributed by atoms with Gasteiger partial charge in [-0.05, 0) is 18.2 Å². The molecule has 0 saturated heterocycles. The maximum Gasteiger partial charge on any atom is 0.269 e. The number of amides is 1. The minimum absolute atomic E-state index is 0.0545. The molecule has 0 saturated carbocycles. The zero-order chi connectivity index (χ0) is 19.6. The standard InChI is InChI=1S/C18H15Cl2FN4O2/c1-25-9-23-8-15(25)18(26)24-7-10-2-3-14(20)17(16(10)21)27-13-5-11(19)4-12(22)6-13/h2-6,8-9H,7,22H2,1H3,(H,24,26). The number of carbonyl (C=O) groups is 1. The van der Waals surface area contributed by atoms with Crippen LogP contribution in [0.4, 0.5) is 10.1 Å². The quantitative estimate of drug-likeness (QED) is 0.620. The van der Waals surface area contributed by atoms with Gasteiger partial charge in [-0.2, -0.15) is 0 Å². The molecule has 0 unspecified atom stereocenters. The third kappa shape index (κ3) is 4.32. The average molecular weight is 409 g/mol. The van der Waals surface area contributed by atoms with E-state index in [2.05, 4.69) is 10.3 Å². The van der Waals surface area contributed by atoms with Crippen molar-refractivity contribution < 1.29 is 13.9 Å². The maximum absolute atomic E-state index is 14.8. The third-order valence-electron chi connectivity index (χ3n) is 3.73. The summed E-state index contributed by atoms with van der Waals surface area (Å²) in [5.41, 5.74) is 6.65. The number of halogens is 3. The first-order valence-corrected chi connectivity index (χ1v) is 8.56. The van der Waals surface area contributed by atoms with E-state index in [1.807, 2.05) is 0 Å². The lowest BCUT2D eigenvalue weighted by atomic mass is 10.2. The second kappa shape index (κ2) is 7.85. The molecule has 0 aliphatic carbocycles. The molecule has 0 bridgehead atoms. The number of hydrogen-bond acceptors (Lipinski definition) is 4. The summed E-state index contributed by atoms with van der Waals surface area (Å²) in [6.45, 7) is -0.0545. The Bertz CT molecular complexity index is 987. The molecule has 6 nitrogen and oxygen atoms in total. The lowest BCUT2D eigenvalue weighted by Gasteiger charge is -2.13. The second-order valence-corrected chi connectivity index (χ2v) is 6.59. The van der Waals surface area contributed by atoms with Crippen LogP contribution in [-0.4, -0.2) is 15.5 Å². The lowest BCUT2D eigenvalue weighted by molar-refractivity contribution is 0.0942. The van der Waals surface area contributed by atoms with Gasteiger partial charge >= 0.3 is 0 Å². The summed E-state index contributed by atoms with van der Waals surface area (Å²) in [4.78, 5) is 16.0. The molecular weight excluding hydrogens is 394 g/mol. The first kappa shape index (κ1) is 19.0. The van der Waals surface area contributed by atoms with Gasteiger partial charge in [0.1, 0.15) is 11.4 Å². The number of carbonyl (C=O) groups excluding carboxylic acids is 1. The van der Waals surface area contributed by atoms with Crippen molar-refractivity contribution in [1.82, 2.24) is 14.9 Å². The van der Waals surface area contributed by atoms with E-state index in [0.29, 0.717) is 16.4 Å². The van der Waals surface area contributed by atoms with Crippen molar-refractivity contribution in [3.05, 3.63) is 70.0 Å². The van der Waals surface area contributed by atoms with Gasteiger partial charge < -0.3 is 20.4 Å². The van der Waals surface area contributed by atoms with Crippen molar-refractivity contribution in [2.24, 2.45) is 7.05 Å². The Hall–Kier alpha value is -2.77. The maximum atomic E-state index is 14.8. The number of hydrogen-bond donors (Lipinski definition) is 2. The van der Waals surface area contributed by atoms with Crippen LogP contribution < -0.4 is 15.8 Å². The van der Waals surface area contributed by atoms with E-state index in [-0.39, 0.29) is 34.5 Å². The Morgan fingerprint density at radius 1 is 1.33 bits per heavy atom. The number of aromatic nitrogens is 2. The fraction of sp³-hybridized carbons (Fsp3) is 0.111. The van der Waals surface area contributed by atoms with Gasteiger partial charge in [-0.15, -0.1) is 0 Å². The highest BCUT2D eigenvalue weighted by molar-refractivity contribution is 6.32. The van der Waals surface area contributed by atoms with Crippen molar-refractivity contribution in [1.29, 1.82) is 0 Å². The van der Waals surface area contributed by atoms with Crippen LogP contribution in [0.3, 0.4) is 0 Å². The fourth-order valence-corrected chi connectivity index (χ4v) is 2.82. The molecule has 0 aliphatic rings. The van der Waals surface area contributed by atoms with Gasteiger partial charge in [-0.3, -0.25) is 4.79 Å². The zero-order valence-electron chi connectivity index (χ0n) is 14.2. The molecule has 3 N–H and O–H groups in total. The molecule has 1 amide bonds. The van der Waals surface area contributed by atoms with Crippen LogP contribution in [0.2, 0.25) is 10.0 Å². The van der Waals surface area contributed by atoms with Gasteiger partial charge in [0.2, 0.25) is 0 Å². The second-order valence-electron chi connectivity index (χ2n) is 5.74. The van der Waals surface area contributed by atoms with Crippen LogP contribution in [0, 0.1) is 5.82 Å². The first-order chi connectivity index (χ1) is 12.8. The van der Waals surface area contributed by atoms with Crippen molar-refractivity contribution in [2.45, 2.75) is 6.54 Å². The van der Waals surface area contributed by atoms with E-state index < -0.39 is 5.82 Å². The number of benzene rings is 2. The zero-order valence-corrected chi connectivity index (χ0v) is 15.7. The van der Waals surface area contributed by atoms with Crippen LogP contribution in [0.5, 0.6) is 11.5 Å². The largest absolute Gasteiger partial charge is 0.453 e. The summed E-state index contributed by atoms with van der Waals surface area (Å²) in [6, 6.07) is 7.49. The van der Waals surface area contributed by atoms with Crippen LogP contribution in [0.15, 0.2) is 42.9 Å². The van der Waals surface area contributed by atoms with Gasteiger partial charge in [0.05, 0.1) is 17.5 Å². The summed E-state index contributed by atoms with van der Waals surface area (Å²) in [7, 11) is 1.69. The normalized spacial score (nSPS) is 10.7. The van der Waals surface area contributed by atoms with Gasteiger partial charge in [-0.1, -0.05) is 29.3 Å². The average Bonchev–Trinajstić information content (AvgIpc) is 3.03. The molecule has 0 aliphatic heterocycles. The number of ether oxygens (including phenoxy) is 1. The summed E-state index contributed by atoms with van der Waals surface area (Å²) >= 11 is 12.0. The van der Waals surface area contributed by atoms with E-state index in [1.54, 1.807) is 11.6 Å². The van der Waals surface area contributed by atoms with Gasteiger partial charge in [0.15, 0.2) is 11.6 Å². The van der Waals surface area contributed by atoms with Crippen LogP contribution in [0.1, 0.15) is 16.1 Å². The number of nitrogens with one attached hydrogen (secondary N) is 1. The minimum atomic E-state index is -0.689. The Balaban J connectivity index is 1.81. The van der Waals surface area contributed by atoms with E-state index in [9.17, 15) is 9.18 Å². The van der Waals surface area contributed by atoms with Gasteiger partial charge in [-0.25, -0.2) is 9.37 Å². The van der Waals surface area contributed by atoms with E-state index in [1.165, 1.54) is 42.9 Å². The lowest BCUT2D eigenvalue weighted by Crippen LogP contribution is -2.25. The monoisotopic (exact) mass is 408 g/mol. The number of imidazole rings is 1.